The molecule has 15 heavy (non-hydrogen) atoms. The minimum atomic E-state index is -0.684. The number of carbonyl (C=O) groups excluding carboxylic acids is 3. The molecule has 2 unspecified atom stereocenters. The molecule has 1 saturated heterocycles. The summed E-state index contributed by atoms with van der Waals surface area (Å²) in [6.45, 7) is 4.88. The van der Waals surface area contributed by atoms with E-state index in [1.807, 2.05) is 6.92 Å². The maximum absolute atomic E-state index is 11.7. The van der Waals surface area contributed by atoms with E-state index < -0.39 is 12.2 Å². The summed E-state index contributed by atoms with van der Waals surface area (Å²) in [5, 5.41) is 0. The molecule has 5 heteroatoms. The Morgan fingerprint density at radius 3 is 2.60 bits per heavy atom. The third kappa shape index (κ3) is 2.34. The summed E-state index contributed by atoms with van der Waals surface area (Å²) in [6, 6.07) is 0. The highest BCUT2D eigenvalue weighted by atomic mass is 16.6. The maximum Gasteiger partial charge on any atom is 0.304 e. The molecule has 2 atom stereocenters. The lowest BCUT2D eigenvalue weighted by Gasteiger charge is -2.38. The average molecular weight is 213 g/mol. The van der Waals surface area contributed by atoms with Crippen LogP contribution >= 0.6 is 0 Å². The van der Waals surface area contributed by atoms with E-state index in [1.54, 1.807) is 6.92 Å². The molecule has 0 saturated carbocycles. The maximum atomic E-state index is 11.7. The van der Waals surface area contributed by atoms with E-state index in [1.165, 1.54) is 6.92 Å². The molecule has 84 valence electrons. The number of likely N-dealkylation sites (tertiary alicyclic amines) is 1. The zero-order valence-corrected chi connectivity index (χ0v) is 9.15. The Balaban J connectivity index is 2.62. The fourth-order valence-electron chi connectivity index (χ4n) is 1.35. The summed E-state index contributed by atoms with van der Waals surface area (Å²) in [6.07, 6.45) is 0.0912. The Morgan fingerprint density at radius 2 is 2.20 bits per heavy atom. The molecular formula is C10H15NO4. The van der Waals surface area contributed by atoms with Gasteiger partial charge in [0.2, 0.25) is 11.8 Å². The van der Waals surface area contributed by atoms with Gasteiger partial charge in [-0.2, -0.15) is 0 Å². The summed E-state index contributed by atoms with van der Waals surface area (Å²) in [5.74, 6) is -1.23. The number of hydrogen-bond acceptors (Lipinski definition) is 4. The van der Waals surface area contributed by atoms with Crippen molar-refractivity contribution in [2.24, 2.45) is 5.92 Å². The molecule has 0 aliphatic carbocycles. The molecule has 0 aromatic rings. The molecule has 1 heterocycles. The van der Waals surface area contributed by atoms with E-state index in [4.69, 9.17) is 4.74 Å². The highest BCUT2D eigenvalue weighted by Gasteiger charge is 2.44. The predicted molar refractivity (Wildman–Crippen MR) is 51.5 cm³/mol. The number of ether oxygens (including phenoxy) is 1. The first kappa shape index (κ1) is 11.7. The van der Waals surface area contributed by atoms with Crippen molar-refractivity contribution in [2.45, 2.75) is 39.8 Å². The summed E-state index contributed by atoms with van der Waals surface area (Å²) in [7, 11) is 0. The zero-order valence-electron chi connectivity index (χ0n) is 9.15. The van der Waals surface area contributed by atoms with E-state index in [0.29, 0.717) is 6.42 Å². The fraction of sp³-hybridized carbons (Fsp3) is 0.700. The normalized spacial score (nSPS) is 21.9. The Hall–Kier alpha value is -1.39. The Kier molecular flexibility index (Phi) is 3.44. The van der Waals surface area contributed by atoms with Gasteiger partial charge in [-0.3, -0.25) is 14.4 Å². The first-order valence-corrected chi connectivity index (χ1v) is 5.00. The van der Waals surface area contributed by atoms with Crippen molar-refractivity contribution < 1.29 is 19.1 Å². The Labute approximate surface area is 88.4 Å². The van der Waals surface area contributed by atoms with Crippen LogP contribution in [-0.2, 0) is 19.1 Å². The van der Waals surface area contributed by atoms with Crippen molar-refractivity contribution >= 4 is 17.8 Å². The van der Waals surface area contributed by atoms with Gasteiger partial charge in [0.25, 0.3) is 0 Å². The lowest BCUT2D eigenvalue weighted by Crippen LogP contribution is -2.58. The van der Waals surface area contributed by atoms with Crippen LogP contribution < -0.4 is 0 Å². The van der Waals surface area contributed by atoms with E-state index in [2.05, 4.69) is 0 Å². The molecule has 5 nitrogen and oxygen atoms in total. The first-order valence-electron chi connectivity index (χ1n) is 5.00. The summed E-state index contributed by atoms with van der Waals surface area (Å²) >= 11 is 0. The van der Waals surface area contributed by atoms with Crippen LogP contribution in [0.4, 0.5) is 0 Å². The van der Waals surface area contributed by atoms with E-state index in [0.717, 1.165) is 4.90 Å². The lowest BCUT2D eigenvalue weighted by atomic mass is 10.0. The van der Waals surface area contributed by atoms with Gasteiger partial charge in [0.1, 0.15) is 0 Å². The van der Waals surface area contributed by atoms with Crippen LogP contribution in [0.2, 0.25) is 0 Å². The molecule has 1 aliphatic rings. The van der Waals surface area contributed by atoms with Gasteiger partial charge in [-0.25, -0.2) is 4.90 Å². The van der Waals surface area contributed by atoms with Gasteiger partial charge < -0.3 is 4.74 Å². The van der Waals surface area contributed by atoms with Crippen molar-refractivity contribution in [3.8, 4) is 0 Å². The fourth-order valence-corrected chi connectivity index (χ4v) is 1.35. The molecule has 0 aromatic heterocycles. The summed E-state index contributed by atoms with van der Waals surface area (Å²) in [5.41, 5.74) is 0. The van der Waals surface area contributed by atoms with E-state index >= 15 is 0 Å². The minimum absolute atomic E-state index is 0.113. The number of imide groups is 1. The molecule has 0 spiro atoms. The number of hydrogen-bond donors (Lipinski definition) is 0. The van der Waals surface area contributed by atoms with Crippen molar-refractivity contribution in [2.75, 3.05) is 0 Å². The predicted octanol–water partition coefficient (Wildman–Crippen LogP) is 0.681. The number of esters is 1. The number of rotatable bonds is 3. The highest BCUT2D eigenvalue weighted by molar-refractivity contribution is 6.01. The van der Waals surface area contributed by atoms with E-state index in [-0.39, 0.29) is 24.2 Å². The average Bonchev–Trinajstić information content (AvgIpc) is 2.14. The van der Waals surface area contributed by atoms with Gasteiger partial charge in [-0.15, -0.1) is 0 Å². The van der Waals surface area contributed by atoms with Gasteiger partial charge in [-0.1, -0.05) is 13.8 Å². The van der Waals surface area contributed by atoms with Crippen LogP contribution in [0, 0.1) is 5.92 Å². The minimum Gasteiger partial charge on any atom is -0.441 e. The van der Waals surface area contributed by atoms with Crippen molar-refractivity contribution in [1.29, 1.82) is 0 Å². The van der Waals surface area contributed by atoms with Crippen LogP contribution in [0.25, 0.3) is 0 Å². The molecule has 0 bridgehead atoms. The summed E-state index contributed by atoms with van der Waals surface area (Å²) < 4.78 is 4.83. The number of amides is 2. The second kappa shape index (κ2) is 4.42. The third-order valence-corrected chi connectivity index (χ3v) is 2.48. The highest BCUT2D eigenvalue weighted by Crippen LogP contribution is 2.23. The quantitative estimate of drug-likeness (QED) is 0.511. The Morgan fingerprint density at radius 1 is 1.60 bits per heavy atom. The van der Waals surface area contributed by atoms with Crippen LogP contribution in [0.1, 0.15) is 33.6 Å². The summed E-state index contributed by atoms with van der Waals surface area (Å²) in [4.78, 5) is 34.6. The first-order chi connectivity index (χ1) is 6.97. The van der Waals surface area contributed by atoms with E-state index in [9.17, 15) is 14.4 Å². The Bertz CT molecular complexity index is 300. The molecule has 1 rings (SSSR count). The number of carbonyl (C=O) groups is 3. The topological polar surface area (TPSA) is 63.7 Å². The van der Waals surface area contributed by atoms with Gasteiger partial charge in [0.05, 0.1) is 6.42 Å². The molecule has 2 amide bonds. The third-order valence-electron chi connectivity index (χ3n) is 2.48. The zero-order chi connectivity index (χ0) is 11.6. The monoisotopic (exact) mass is 213 g/mol. The van der Waals surface area contributed by atoms with Crippen LogP contribution in [-0.4, -0.2) is 28.9 Å². The smallest absolute Gasteiger partial charge is 0.304 e. The largest absolute Gasteiger partial charge is 0.441 e. The van der Waals surface area contributed by atoms with Crippen LogP contribution in [0.5, 0.6) is 0 Å². The second-order valence-corrected chi connectivity index (χ2v) is 3.68. The van der Waals surface area contributed by atoms with Gasteiger partial charge >= 0.3 is 5.97 Å². The van der Waals surface area contributed by atoms with Crippen LogP contribution in [0.3, 0.4) is 0 Å². The number of nitrogens with zero attached hydrogens (tertiary/aromatic N) is 1. The molecule has 1 fully saturated rings. The van der Waals surface area contributed by atoms with Gasteiger partial charge in [0.15, 0.2) is 6.23 Å². The molecule has 0 radical (unpaired) electrons. The van der Waals surface area contributed by atoms with Crippen molar-refractivity contribution in [3.63, 3.8) is 0 Å². The molecule has 1 aliphatic heterocycles. The van der Waals surface area contributed by atoms with Gasteiger partial charge in [-0.05, 0) is 6.42 Å². The molecule has 0 aromatic carbocycles. The SMILES string of the molecule is CCC(C)C(=O)N1C(=O)CC1OC(C)=O. The van der Waals surface area contributed by atoms with Crippen molar-refractivity contribution in [3.05, 3.63) is 0 Å². The second-order valence-electron chi connectivity index (χ2n) is 3.68. The molecular weight excluding hydrogens is 198 g/mol. The van der Waals surface area contributed by atoms with Crippen LogP contribution in [0.15, 0.2) is 0 Å². The van der Waals surface area contributed by atoms with Gasteiger partial charge in [0, 0.05) is 12.8 Å². The number of β-lactam (4-membered cyclic amide) rings is 1. The lowest BCUT2D eigenvalue weighted by molar-refractivity contribution is -0.188. The molecule has 0 N–H and O–H groups in total. The standard InChI is InChI=1S/C10H15NO4/c1-4-6(2)10(14)11-8(13)5-9(11)15-7(3)12/h6,9H,4-5H2,1-3H3. The van der Waals surface area contributed by atoms with Crippen molar-refractivity contribution in [1.82, 2.24) is 4.90 Å².